The highest BCUT2D eigenvalue weighted by Gasteiger charge is 2.34. The summed E-state index contributed by atoms with van der Waals surface area (Å²) in [5.74, 6) is 0.795. The maximum Gasteiger partial charge on any atom is 0.416 e. The standard InChI is InChI=1S/C15H19ClF3NS/c1-14(2)5-6-20(7-8-21-14)12-4-3-11(10-16)13(9-12)15(17,18)19/h3-4,9H,5-8,10H2,1-2H3. The summed E-state index contributed by atoms with van der Waals surface area (Å²) in [6.45, 7) is 5.90. The van der Waals surface area contributed by atoms with E-state index in [4.69, 9.17) is 11.6 Å². The number of hydrogen-bond donors (Lipinski definition) is 0. The Morgan fingerprint density at radius 1 is 1.29 bits per heavy atom. The third-order valence-corrected chi connectivity index (χ3v) is 5.41. The van der Waals surface area contributed by atoms with Gasteiger partial charge in [0.25, 0.3) is 0 Å². The number of benzene rings is 1. The molecule has 0 bridgehead atoms. The van der Waals surface area contributed by atoms with E-state index in [1.807, 2.05) is 16.7 Å². The molecule has 0 spiro atoms. The van der Waals surface area contributed by atoms with E-state index in [1.165, 1.54) is 12.1 Å². The molecular formula is C15H19ClF3NS. The van der Waals surface area contributed by atoms with E-state index in [0.29, 0.717) is 5.69 Å². The maximum absolute atomic E-state index is 13.1. The van der Waals surface area contributed by atoms with Crippen molar-refractivity contribution in [2.24, 2.45) is 0 Å². The van der Waals surface area contributed by atoms with Gasteiger partial charge in [0.1, 0.15) is 0 Å². The van der Waals surface area contributed by atoms with Crippen LogP contribution in [0.15, 0.2) is 18.2 Å². The Hall–Kier alpha value is -0.550. The minimum atomic E-state index is -4.36. The van der Waals surface area contributed by atoms with Gasteiger partial charge in [-0.05, 0) is 24.1 Å². The molecule has 1 heterocycles. The molecule has 2 rings (SSSR count). The summed E-state index contributed by atoms with van der Waals surface area (Å²) in [4.78, 5) is 2.04. The van der Waals surface area contributed by atoms with Gasteiger partial charge in [0.05, 0.1) is 5.56 Å². The van der Waals surface area contributed by atoms with Crippen LogP contribution in [-0.2, 0) is 12.1 Å². The van der Waals surface area contributed by atoms with E-state index in [2.05, 4.69) is 13.8 Å². The number of anilines is 1. The molecule has 0 aliphatic carbocycles. The van der Waals surface area contributed by atoms with E-state index in [0.717, 1.165) is 25.3 Å². The molecule has 21 heavy (non-hydrogen) atoms. The summed E-state index contributed by atoms with van der Waals surface area (Å²) in [5, 5.41) is 0. The smallest absolute Gasteiger partial charge is 0.371 e. The number of nitrogens with zero attached hydrogens (tertiary/aromatic N) is 1. The SMILES string of the molecule is CC1(C)CCN(c2ccc(CCl)c(C(F)(F)F)c2)CCS1. The van der Waals surface area contributed by atoms with Gasteiger partial charge >= 0.3 is 6.18 Å². The second-order valence-electron chi connectivity index (χ2n) is 5.82. The second-order valence-corrected chi connectivity index (χ2v) is 7.89. The Morgan fingerprint density at radius 2 is 2.00 bits per heavy atom. The first kappa shape index (κ1) is 16.8. The summed E-state index contributed by atoms with van der Waals surface area (Å²) < 4.78 is 39.5. The van der Waals surface area contributed by atoms with Crippen LogP contribution in [0, 0.1) is 0 Å². The fourth-order valence-corrected chi connectivity index (χ4v) is 3.75. The average Bonchev–Trinajstić information content (AvgIpc) is 2.58. The van der Waals surface area contributed by atoms with Crippen molar-refractivity contribution in [3.8, 4) is 0 Å². The van der Waals surface area contributed by atoms with Gasteiger partial charge in [-0.3, -0.25) is 0 Å². The Balaban J connectivity index is 2.28. The average molecular weight is 338 g/mol. The predicted molar refractivity (Wildman–Crippen MR) is 84.4 cm³/mol. The topological polar surface area (TPSA) is 3.24 Å². The Morgan fingerprint density at radius 3 is 2.62 bits per heavy atom. The lowest BCUT2D eigenvalue weighted by Gasteiger charge is -2.25. The van der Waals surface area contributed by atoms with Gasteiger partial charge in [-0.25, -0.2) is 0 Å². The van der Waals surface area contributed by atoms with Crippen LogP contribution in [0.5, 0.6) is 0 Å². The van der Waals surface area contributed by atoms with E-state index in [9.17, 15) is 13.2 Å². The Bertz CT molecular complexity index is 502. The predicted octanol–water partition coefficient (Wildman–Crippen LogP) is 5.17. The minimum Gasteiger partial charge on any atom is -0.371 e. The molecule has 0 N–H and O–H groups in total. The van der Waals surface area contributed by atoms with Gasteiger partial charge in [0, 0.05) is 35.2 Å². The molecule has 0 aromatic heterocycles. The number of alkyl halides is 4. The maximum atomic E-state index is 13.1. The zero-order valence-electron chi connectivity index (χ0n) is 12.1. The van der Waals surface area contributed by atoms with E-state index >= 15 is 0 Å². The summed E-state index contributed by atoms with van der Waals surface area (Å²) in [6, 6.07) is 4.48. The highest BCUT2D eigenvalue weighted by molar-refractivity contribution is 8.00. The highest BCUT2D eigenvalue weighted by atomic mass is 35.5. The van der Waals surface area contributed by atoms with Gasteiger partial charge in [-0.2, -0.15) is 24.9 Å². The molecule has 1 saturated heterocycles. The zero-order chi connectivity index (χ0) is 15.7. The number of thioether (sulfide) groups is 1. The van der Waals surface area contributed by atoms with Crippen LogP contribution in [-0.4, -0.2) is 23.6 Å². The molecule has 0 amide bonds. The van der Waals surface area contributed by atoms with Crippen LogP contribution in [0.1, 0.15) is 31.4 Å². The van der Waals surface area contributed by atoms with Crippen molar-refractivity contribution in [2.45, 2.75) is 37.1 Å². The molecule has 0 radical (unpaired) electrons. The quantitative estimate of drug-likeness (QED) is 0.685. The molecule has 1 fully saturated rings. The van der Waals surface area contributed by atoms with Crippen LogP contribution in [0.2, 0.25) is 0 Å². The molecule has 0 atom stereocenters. The summed E-state index contributed by atoms with van der Waals surface area (Å²) in [6.07, 6.45) is -3.41. The lowest BCUT2D eigenvalue weighted by Crippen LogP contribution is -2.27. The van der Waals surface area contributed by atoms with Gasteiger partial charge in [-0.1, -0.05) is 19.9 Å². The van der Waals surface area contributed by atoms with Gasteiger partial charge < -0.3 is 4.90 Å². The third-order valence-electron chi connectivity index (χ3n) is 3.75. The monoisotopic (exact) mass is 337 g/mol. The summed E-state index contributed by atoms with van der Waals surface area (Å²) in [5.41, 5.74) is 0.151. The lowest BCUT2D eigenvalue weighted by atomic mass is 10.1. The van der Waals surface area contributed by atoms with Crippen LogP contribution < -0.4 is 4.90 Å². The van der Waals surface area contributed by atoms with Crippen LogP contribution >= 0.6 is 23.4 Å². The molecule has 1 aliphatic heterocycles. The first-order valence-electron chi connectivity index (χ1n) is 6.88. The Kier molecular flexibility index (Phi) is 5.03. The third kappa shape index (κ3) is 4.22. The fraction of sp³-hybridized carbons (Fsp3) is 0.600. The molecule has 0 saturated carbocycles. The van der Waals surface area contributed by atoms with Gasteiger partial charge in [-0.15, -0.1) is 11.6 Å². The van der Waals surface area contributed by atoms with Crippen molar-refractivity contribution in [3.63, 3.8) is 0 Å². The highest BCUT2D eigenvalue weighted by Crippen LogP contribution is 2.37. The normalized spacial score (nSPS) is 19.4. The van der Waals surface area contributed by atoms with Crippen LogP contribution in [0.25, 0.3) is 0 Å². The molecule has 118 valence electrons. The molecule has 1 aromatic rings. The molecule has 1 aliphatic rings. The number of halogens is 4. The van der Waals surface area contributed by atoms with Crippen LogP contribution in [0.3, 0.4) is 0 Å². The summed E-state index contributed by atoms with van der Waals surface area (Å²) >= 11 is 7.49. The zero-order valence-corrected chi connectivity index (χ0v) is 13.7. The van der Waals surface area contributed by atoms with Gasteiger partial charge in [0.15, 0.2) is 0 Å². The van der Waals surface area contributed by atoms with E-state index in [1.54, 1.807) is 6.07 Å². The van der Waals surface area contributed by atoms with Crippen molar-refractivity contribution < 1.29 is 13.2 Å². The minimum absolute atomic E-state index is 0.127. The lowest BCUT2D eigenvalue weighted by molar-refractivity contribution is -0.138. The largest absolute Gasteiger partial charge is 0.416 e. The van der Waals surface area contributed by atoms with E-state index < -0.39 is 11.7 Å². The van der Waals surface area contributed by atoms with E-state index in [-0.39, 0.29) is 16.2 Å². The summed E-state index contributed by atoms with van der Waals surface area (Å²) in [7, 11) is 0. The molecule has 0 unspecified atom stereocenters. The van der Waals surface area contributed by atoms with Crippen LogP contribution in [0.4, 0.5) is 18.9 Å². The second kappa shape index (κ2) is 6.29. The molecule has 1 nitrogen and oxygen atoms in total. The van der Waals surface area contributed by atoms with Crippen molar-refractivity contribution >= 4 is 29.1 Å². The number of rotatable bonds is 2. The van der Waals surface area contributed by atoms with Crippen molar-refractivity contribution in [1.82, 2.24) is 0 Å². The van der Waals surface area contributed by atoms with Crippen molar-refractivity contribution in [1.29, 1.82) is 0 Å². The first-order valence-corrected chi connectivity index (χ1v) is 8.40. The van der Waals surface area contributed by atoms with Crippen molar-refractivity contribution in [3.05, 3.63) is 29.3 Å². The van der Waals surface area contributed by atoms with Crippen molar-refractivity contribution in [2.75, 3.05) is 23.7 Å². The molecular weight excluding hydrogens is 319 g/mol. The molecule has 6 heteroatoms. The first-order chi connectivity index (χ1) is 9.73. The molecule has 1 aromatic carbocycles. The Labute approximate surface area is 132 Å². The number of hydrogen-bond acceptors (Lipinski definition) is 2. The fourth-order valence-electron chi connectivity index (χ4n) is 2.42. The van der Waals surface area contributed by atoms with Gasteiger partial charge in [0.2, 0.25) is 0 Å².